The summed E-state index contributed by atoms with van der Waals surface area (Å²) in [5, 5.41) is 11.3. The second kappa shape index (κ2) is 8.39. The van der Waals surface area contributed by atoms with Crippen molar-refractivity contribution in [3.8, 4) is 0 Å². The Labute approximate surface area is 163 Å². The molecule has 0 spiro atoms. The average Bonchev–Trinajstić information content (AvgIpc) is 2.58. The van der Waals surface area contributed by atoms with E-state index in [0.29, 0.717) is 0 Å². The Morgan fingerprint density at radius 3 is 2.25 bits per heavy atom. The topological polar surface area (TPSA) is 107 Å². The number of nitrogens with zero attached hydrogens (tertiary/aromatic N) is 2. The first-order valence-corrected chi connectivity index (χ1v) is 10.0. The monoisotopic (exact) mass is 406 g/mol. The van der Waals surface area contributed by atoms with E-state index in [1.165, 1.54) is 12.1 Å². The van der Waals surface area contributed by atoms with E-state index in [1.54, 1.807) is 39.8 Å². The Morgan fingerprint density at radius 2 is 1.71 bits per heavy atom. The molecule has 2 aromatic carbocycles. The fourth-order valence-electron chi connectivity index (χ4n) is 2.77. The molecule has 0 fully saturated rings. The standard InChI is InChI=1S/C19H22N2O6S/c1-13(2)27-19(22)12-20(16-10-14(3)9-15(4)11-16)28(25,26)18-8-6-5-7-17(18)21(23)24/h5-11,13H,12H2,1-4H3. The van der Waals surface area contributed by atoms with Gasteiger partial charge in [-0.25, -0.2) is 8.42 Å². The highest BCUT2D eigenvalue weighted by Gasteiger charge is 2.33. The Hall–Kier alpha value is -2.94. The van der Waals surface area contributed by atoms with Crippen molar-refractivity contribution in [2.24, 2.45) is 0 Å². The lowest BCUT2D eigenvalue weighted by atomic mass is 10.1. The van der Waals surface area contributed by atoms with Gasteiger partial charge in [0.2, 0.25) is 0 Å². The number of aryl methyl sites for hydroxylation is 2. The van der Waals surface area contributed by atoms with Gasteiger partial charge >= 0.3 is 5.97 Å². The van der Waals surface area contributed by atoms with E-state index < -0.39 is 44.1 Å². The molecule has 2 rings (SSSR count). The lowest BCUT2D eigenvalue weighted by Gasteiger charge is -2.24. The molecular formula is C19H22N2O6S. The van der Waals surface area contributed by atoms with E-state index in [9.17, 15) is 23.3 Å². The van der Waals surface area contributed by atoms with Crippen LogP contribution in [0.5, 0.6) is 0 Å². The van der Waals surface area contributed by atoms with Crippen molar-refractivity contribution in [2.45, 2.75) is 38.7 Å². The summed E-state index contributed by atoms with van der Waals surface area (Å²) < 4.78 is 32.6. The van der Waals surface area contributed by atoms with Gasteiger partial charge in [0.25, 0.3) is 15.7 Å². The van der Waals surface area contributed by atoms with E-state index in [-0.39, 0.29) is 5.69 Å². The number of nitro groups is 1. The third-order valence-electron chi connectivity index (χ3n) is 3.76. The number of carbonyl (C=O) groups is 1. The zero-order valence-corrected chi connectivity index (χ0v) is 16.9. The summed E-state index contributed by atoms with van der Waals surface area (Å²) in [5.74, 6) is -0.753. The van der Waals surface area contributed by atoms with Gasteiger partial charge in [-0.1, -0.05) is 18.2 Å². The summed E-state index contributed by atoms with van der Waals surface area (Å²) in [6, 6.07) is 10.1. The van der Waals surface area contributed by atoms with Crippen molar-refractivity contribution < 1.29 is 22.9 Å². The van der Waals surface area contributed by atoms with Gasteiger partial charge in [0.05, 0.1) is 16.7 Å². The summed E-state index contributed by atoms with van der Waals surface area (Å²) >= 11 is 0. The lowest BCUT2D eigenvalue weighted by Crippen LogP contribution is -2.37. The summed E-state index contributed by atoms with van der Waals surface area (Å²) in [4.78, 5) is 22.3. The number of sulfonamides is 1. The minimum atomic E-state index is -4.40. The van der Waals surface area contributed by atoms with Crippen molar-refractivity contribution in [1.29, 1.82) is 0 Å². The summed E-state index contributed by atoms with van der Waals surface area (Å²) in [7, 11) is -4.40. The van der Waals surface area contributed by atoms with Crippen LogP contribution in [0.3, 0.4) is 0 Å². The Balaban J connectivity index is 2.63. The molecule has 2 aromatic rings. The number of carbonyl (C=O) groups excluding carboxylic acids is 1. The first kappa shape index (κ1) is 21.4. The molecule has 0 radical (unpaired) electrons. The van der Waals surface area contributed by atoms with E-state index in [2.05, 4.69) is 0 Å². The molecule has 0 bridgehead atoms. The predicted molar refractivity (Wildman–Crippen MR) is 105 cm³/mol. The largest absolute Gasteiger partial charge is 0.462 e. The fraction of sp³-hybridized carbons (Fsp3) is 0.316. The SMILES string of the molecule is Cc1cc(C)cc(N(CC(=O)OC(C)C)S(=O)(=O)c2ccccc2[N+](=O)[O-])c1. The number of hydrogen-bond donors (Lipinski definition) is 0. The van der Waals surface area contributed by atoms with E-state index in [1.807, 2.05) is 6.07 Å². The third kappa shape index (κ3) is 4.86. The maximum Gasteiger partial charge on any atom is 0.327 e. The van der Waals surface area contributed by atoms with Crippen molar-refractivity contribution in [1.82, 2.24) is 0 Å². The number of hydrogen-bond acceptors (Lipinski definition) is 6. The highest BCUT2D eigenvalue weighted by molar-refractivity contribution is 7.93. The number of esters is 1. The van der Waals surface area contributed by atoms with Crippen LogP contribution in [-0.2, 0) is 19.6 Å². The second-order valence-electron chi connectivity index (χ2n) is 6.62. The van der Waals surface area contributed by atoms with Gasteiger partial charge in [0.15, 0.2) is 4.90 Å². The van der Waals surface area contributed by atoms with Crippen LogP contribution in [0.2, 0.25) is 0 Å². The van der Waals surface area contributed by atoms with E-state index >= 15 is 0 Å². The Bertz CT molecular complexity index is 981. The molecule has 0 saturated carbocycles. The maximum atomic E-state index is 13.3. The van der Waals surface area contributed by atoms with E-state index in [0.717, 1.165) is 27.6 Å². The lowest BCUT2D eigenvalue weighted by molar-refractivity contribution is -0.387. The molecular weight excluding hydrogens is 384 g/mol. The first-order valence-electron chi connectivity index (χ1n) is 8.56. The van der Waals surface area contributed by atoms with Gasteiger partial charge in [-0.05, 0) is 57.0 Å². The fourth-order valence-corrected chi connectivity index (χ4v) is 4.33. The highest BCUT2D eigenvalue weighted by atomic mass is 32.2. The molecule has 0 unspecified atom stereocenters. The molecule has 0 amide bonds. The quantitative estimate of drug-likeness (QED) is 0.396. The van der Waals surface area contributed by atoms with Gasteiger partial charge in [-0.2, -0.15) is 0 Å². The van der Waals surface area contributed by atoms with Crippen molar-refractivity contribution in [3.05, 3.63) is 63.7 Å². The zero-order valence-electron chi connectivity index (χ0n) is 16.1. The molecule has 9 heteroatoms. The predicted octanol–water partition coefficient (Wildman–Crippen LogP) is 3.36. The van der Waals surface area contributed by atoms with Crippen LogP contribution in [0.4, 0.5) is 11.4 Å². The Kier molecular flexibility index (Phi) is 6.40. The van der Waals surface area contributed by atoms with Crippen molar-refractivity contribution >= 4 is 27.4 Å². The van der Waals surface area contributed by atoms with Crippen LogP contribution in [0.15, 0.2) is 47.4 Å². The van der Waals surface area contributed by atoms with Crippen LogP contribution < -0.4 is 4.31 Å². The molecule has 0 aliphatic carbocycles. The van der Waals surface area contributed by atoms with Crippen LogP contribution in [0.1, 0.15) is 25.0 Å². The first-order chi connectivity index (χ1) is 13.0. The van der Waals surface area contributed by atoms with Gasteiger partial charge in [-0.3, -0.25) is 19.2 Å². The molecule has 0 saturated heterocycles. The highest BCUT2D eigenvalue weighted by Crippen LogP contribution is 2.30. The van der Waals surface area contributed by atoms with E-state index in [4.69, 9.17) is 4.74 Å². The summed E-state index contributed by atoms with van der Waals surface area (Å²) in [6.45, 7) is 6.28. The minimum Gasteiger partial charge on any atom is -0.462 e. The normalized spacial score (nSPS) is 11.3. The molecule has 28 heavy (non-hydrogen) atoms. The van der Waals surface area contributed by atoms with Gasteiger partial charge in [-0.15, -0.1) is 0 Å². The Morgan fingerprint density at radius 1 is 1.14 bits per heavy atom. The maximum absolute atomic E-state index is 13.3. The number of nitro benzene ring substituents is 1. The molecule has 0 aliphatic heterocycles. The summed E-state index contributed by atoms with van der Waals surface area (Å²) in [5.41, 5.74) is 1.25. The number of benzene rings is 2. The number of ether oxygens (including phenoxy) is 1. The average molecular weight is 406 g/mol. The molecule has 8 nitrogen and oxygen atoms in total. The molecule has 0 N–H and O–H groups in total. The zero-order chi connectivity index (χ0) is 21.1. The summed E-state index contributed by atoms with van der Waals surface area (Å²) in [6.07, 6.45) is -0.428. The minimum absolute atomic E-state index is 0.233. The van der Waals surface area contributed by atoms with Crippen LogP contribution in [0, 0.1) is 24.0 Å². The molecule has 0 heterocycles. The smallest absolute Gasteiger partial charge is 0.327 e. The second-order valence-corrected chi connectivity index (χ2v) is 8.45. The van der Waals surface area contributed by atoms with Crippen molar-refractivity contribution in [2.75, 3.05) is 10.8 Å². The van der Waals surface area contributed by atoms with Gasteiger partial charge in [0.1, 0.15) is 6.54 Å². The number of rotatable bonds is 7. The molecule has 0 aliphatic rings. The van der Waals surface area contributed by atoms with Gasteiger partial charge < -0.3 is 4.74 Å². The van der Waals surface area contributed by atoms with Gasteiger partial charge in [0, 0.05) is 6.07 Å². The third-order valence-corrected chi connectivity index (χ3v) is 5.59. The molecule has 0 aromatic heterocycles. The number of para-hydroxylation sites is 1. The van der Waals surface area contributed by atoms with Crippen LogP contribution in [-0.4, -0.2) is 32.0 Å². The van der Waals surface area contributed by atoms with Crippen LogP contribution >= 0.6 is 0 Å². The molecule has 150 valence electrons. The number of anilines is 1. The van der Waals surface area contributed by atoms with Crippen molar-refractivity contribution in [3.63, 3.8) is 0 Å². The van der Waals surface area contributed by atoms with Crippen LogP contribution in [0.25, 0.3) is 0 Å². The molecule has 0 atom stereocenters.